The van der Waals surface area contributed by atoms with Gasteiger partial charge in [-0.25, -0.2) is 0 Å². The van der Waals surface area contributed by atoms with Gasteiger partial charge in [-0.2, -0.15) is 0 Å². The third-order valence-corrected chi connectivity index (χ3v) is 8.41. The Hall–Kier alpha value is 0.120. The van der Waals surface area contributed by atoms with Crippen LogP contribution < -0.4 is 0 Å². The molecule has 0 N–H and O–H groups in total. The van der Waals surface area contributed by atoms with Gasteiger partial charge in [0.2, 0.25) is 0 Å². The summed E-state index contributed by atoms with van der Waals surface area (Å²) in [6, 6.07) is 0. The molecule has 2 spiro atoms. The highest BCUT2D eigenvalue weighted by Gasteiger charge is 2.85. The van der Waals surface area contributed by atoms with E-state index >= 15 is 0 Å². The van der Waals surface area contributed by atoms with Gasteiger partial charge in [0.1, 0.15) is 8.67 Å². The molecule has 0 saturated heterocycles. The molecule has 0 aromatic carbocycles. The van der Waals surface area contributed by atoms with Crippen LogP contribution in [-0.2, 0) is 0 Å². The summed E-state index contributed by atoms with van der Waals surface area (Å²) in [6.45, 7) is 20.7. The van der Waals surface area contributed by atoms with Gasteiger partial charge in [0.05, 0.1) is 10.8 Å². The van der Waals surface area contributed by atoms with Gasteiger partial charge in [-0.05, 0) is 22.3 Å². The van der Waals surface area contributed by atoms with E-state index in [1.807, 2.05) is 13.8 Å². The van der Waals surface area contributed by atoms with Gasteiger partial charge in [0.15, 0.2) is 0 Å². The monoisotopic (exact) mass is 348 g/mol. The van der Waals surface area contributed by atoms with E-state index in [1.165, 1.54) is 0 Å². The second-order valence-electron chi connectivity index (χ2n) is 6.22. The van der Waals surface area contributed by atoms with Gasteiger partial charge in [-0.3, -0.25) is 0 Å². The molecular formula is C16H16Cl4. The van der Waals surface area contributed by atoms with Crippen LogP contribution in [0.25, 0.3) is 0 Å². The third kappa shape index (κ3) is 1.08. The van der Waals surface area contributed by atoms with E-state index in [0.29, 0.717) is 0 Å². The zero-order valence-electron chi connectivity index (χ0n) is 11.5. The first-order chi connectivity index (χ1) is 8.94. The lowest BCUT2D eigenvalue weighted by molar-refractivity contribution is 0.537. The van der Waals surface area contributed by atoms with Crippen molar-refractivity contribution in [2.75, 3.05) is 0 Å². The molecule has 3 aliphatic carbocycles. The molecule has 3 aliphatic rings. The van der Waals surface area contributed by atoms with Crippen molar-refractivity contribution in [1.82, 2.24) is 0 Å². The lowest BCUT2D eigenvalue weighted by Gasteiger charge is -2.40. The van der Waals surface area contributed by atoms with Crippen molar-refractivity contribution in [1.29, 1.82) is 0 Å². The van der Waals surface area contributed by atoms with Crippen molar-refractivity contribution < 1.29 is 0 Å². The maximum Gasteiger partial charge on any atom is 0.136 e. The smallest absolute Gasteiger partial charge is 0.0999 e. The summed E-state index contributed by atoms with van der Waals surface area (Å²) in [6.07, 6.45) is 0. The van der Waals surface area contributed by atoms with E-state index in [9.17, 15) is 0 Å². The molecule has 0 bridgehead atoms. The predicted octanol–water partition coefficient (Wildman–Crippen LogP) is 5.84. The first-order valence-corrected chi connectivity index (χ1v) is 7.99. The molecule has 20 heavy (non-hydrogen) atoms. The Morgan fingerprint density at radius 1 is 0.650 bits per heavy atom. The van der Waals surface area contributed by atoms with E-state index in [-0.39, 0.29) is 11.8 Å². The molecule has 0 radical (unpaired) electrons. The molecule has 0 aliphatic heterocycles. The Balaban J connectivity index is 2.18. The fraction of sp³-hybridized carbons (Fsp3) is 0.500. The number of hydrogen-bond donors (Lipinski definition) is 0. The van der Waals surface area contributed by atoms with Gasteiger partial charge in [-0.1, -0.05) is 86.6 Å². The highest BCUT2D eigenvalue weighted by atomic mass is 35.5. The SMILES string of the molecule is C=C1C(=C)C2(C(=C)C(=C)C13C(C)C3(Cl)Cl)C(C)C2(Cl)Cl. The second kappa shape index (κ2) is 3.54. The first kappa shape index (κ1) is 15.0. The molecule has 3 saturated carbocycles. The summed E-state index contributed by atoms with van der Waals surface area (Å²) < 4.78 is -1.85. The van der Waals surface area contributed by atoms with Crippen molar-refractivity contribution >= 4 is 46.4 Å². The number of rotatable bonds is 0. The van der Waals surface area contributed by atoms with Gasteiger partial charge >= 0.3 is 0 Å². The highest BCUT2D eigenvalue weighted by Crippen LogP contribution is 2.87. The molecule has 108 valence electrons. The topological polar surface area (TPSA) is 0 Å². The first-order valence-electron chi connectivity index (χ1n) is 6.48. The summed E-state index contributed by atoms with van der Waals surface area (Å²) in [4.78, 5) is 0. The molecule has 3 fully saturated rings. The molecule has 4 heteroatoms. The summed E-state index contributed by atoms with van der Waals surface area (Å²) >= 11 is 25.9. The van der Waals surface area contributed by atoms with Crippen LogP contribution in [-0.4, -0.2) is 8.67 Å². The summed E-state index contributed by atoms with van der Waals surface area (Å²) in [7, 11) is 0. The number of allylic oxidation sites excluding steroid dienone is 4. The molecule has 0 aromatic heterocycles. The molecule has 0 aromatic rings. The van der Waals surface area contributed by atoms with Crippen molar-refractivity contribution in [3.63, 3.8) is 0 Å². The predicted molar refractivity (Wildman–Crippen MR) is 88.6 cm³/mol. The van der Waals surface area contributed by atoms with Gasteiger partial charge in [0, 0.05) is 11.8 Å². The van der Waals surface area contributed by atoms with E-state index < -0.39 is 19.5 Å². The molecule has 2 atom stereocenters. The maximum atomic E-state index is 6.46. The molecule has 0 nitrogen and oxygen atoms in total. The van der Waals surface area contributed by atoms with Crippen LogP contribution in [0.3, 0.4) is 0 Å². The Kier molecular flexibility index (Phi) is 2.66. The van der Waals surface area contributed by atoms with Crippen LogP contribution in [0.4, 0.5) is 0 Å². The minimum Gasteiger partial charge on any atom is -0.0999 e. The zero-order valence-corrected chi connectivity index (χ0v) is 14.5. The summed E-state index contributed by atoms with van der Waals surface area (Å²) in [5.41, 5.74) is 2.01. The van der Waals surface area contributed by atoms with Gasteiger partial charge in [0.25, 0.3) is 0 Å². The van der Waals surface area contributed by atoms with Crippen molar-refractivity contribution in [2.45, 2.75) is 22.5 Å². The van der Waals surface area contributed by atoms with Crippen LogP contribution in [0, 0.1) is 22.7 Å². The minimum atomic E-state index is -0.923. The number of halogens is 4. The van der Waals surface area contributed by atoms with E-state index in [0.717, 1.165) is 22.3 Å². The van der Waals surface area contributed by atoms with E-state index in [4.69, 9.17) is 46.4 Å². The molecule has 3 rings (SSSR count). The zero-order chi connectivity index (χ0) is 15.5. The fourth-order valence-corrected chi connectivity index (χ4v) is 6.32. The van der Waals surface area contributed by atoms with Gasteiger partial charge < -0.3 is 0 Å². The maximum absolute atomic E-state index is 6.46. The lowest BCUT2D eigenvalue weighted by atomic mass is 9.64. The van der Waals surface area contributed by atoms with Crippen LogP contribution in [0.5, 0.6) is 0 Å². The Morgan fingerprint density at radius 3 is 0.900 bits per heavy atom. The van der Waals surface area contributed by atoms with Crippen LogP contribution in [0.15, 0.2) is 48.6 Å². The quantitative estimate of drug-likeness (QED) is 0.481. The average molecular weight is 350 g/mol. The standard InChI is InChI=1S/C16H16Cl4/c1-7-8(2)14(12(6)16(14,19)20)10(4)9(3)13(7)11(5)15(13,17)18/h11-12H,1-4H2,5-6H3. The van der Waals surface area contributed by atoms with Gasteiger partial charge in [-0.15, -0.1) is 0 Å². The Morgan fingerprint density at radius 2 is 0.800 bits per heavy atom. The molecule has 0 amide bonds. The fourth-order valence-electron chi connectivity index (χ4n) is 4.31. The Bertz CT molecular complexity index is 526. The molecule has 0 heterocycles. The lowest BCUT2D eigenvalue weighted by Crippen LogP contribution is -2.33. The largest absolute Gasteiger partial charge is 0.136 e. The molecular weight excluding hydrogens is 334 g/mol. The van der Waals surface area contributed by atoms with Crippen molar-refractivity contribution in [2.24, 2.45) is 22.7 Å². The number of hydrogen-bond acceptors (Lipinski definition) is 0. The normalized spacial score (nSPS) is 48.1. The van der Waals surface area contributed by atoms with Crippen LogP contribution in [0.2, 0.25) is 0 Å². The average Bonchev–Trinajstić information content (AvgIpc) is 3.00. The highest BCUT2D eigenvalue weighted by molar-refractivity contribution is 6.54. The Labute approximate surface area is 140 Å². The minimum absolute atomic E-state index is 0.0123. The molecule has 2 unspecified atom stereocenters. The summed E-state index contributed by atoms with van der Waals surface area (Å²) in [5.74, 6) is 0.0246. The van der Waals surface area contributed by atoms with Crippen molar-refractivity contribution in [3.8, 4) is 0 Å². The third-order valence-electron chi connectivity index (χ3n) is 5.90. The van der Waals surface area contributed by atoms with Crippen LogP contribution >= 0.6 is 46.4 Å². The van der Waals surface area contributed by atoms with Crippen molar-refractivity contribution in [3.05, 3.63) is 48.6 Å². The van der Waals surface area contributed by atoms with E-state index in [1.54, 1.807) is 0 Å². The second-order valence-corrected chi connectivity index (χ2v) is 8.99. The number of alkyl halides is 4. The summed E-state index contributed by atoms with van der Waals surface area (Å²) in [5, 5.41) is 0. The van der Waals surface area contributed by atoms with E-state index in [2.05, 4.69) is 26.3 Å². The van der Waals surface area contributed by atoms with Crippen LogP contribution in [0.1, 0.15) is 13.8 Å².